The number of rotatable bonds is 3. The Balaban J connectivity index is 2.02. The summed E-state index contributed by atoms with van der Waals surface area (Å²) in [5.74, 6) is 1.34. The minimum atomic E-state index is -0.158. The highest BCUT2D eigenvalue weighted by atomic mass is 16.3. The van der Waals surface area contributed by atoms with E-state index in [9.17, 15) is 5.11 Å². The van der Waals surface area contributed by atoms with E-state index in [0.29, 0.717) is 5.92 Å². The number of nitrogens with one attached hydrogen (secondary N) is 1. The first-order chi connectivity index (χ1) is 8.20. The van der Waals surface area contributed by atoms with Crippen LogP contribution in [0, 0.1) is 5.92 Å². The first kappa shape index (κ1) is 12.3. The molecule has 2 N–H and O–H groups in total. The van der Waals surface area contributed by atoms with Crippen molar-refractivity contribution in [2.75, 3.05) is 25.0 Å². The van der Waals surface area contributed by atoms with Crippen molar-refractivity contribution in [3.8, 4) is 0 Å². The summed E-state index contributed by atoms with van der Waals surface area (Å²) in [6.45, 7) is 4.72. The topological polar surface area (TPSA) is 48.4 Å². The molecule has 17 heavy (non-hydrogen) atoms. The standard InChI is InChI=1S/C13H21N3O/c1-10-9-16(6-5-12(10)17)13-4-3-11(7-14-2)8-15-13/h3-4,8,10,12,14,17H,5-7,9H2,1-2H3. The van der Waals surface area contributed by atoms with Crippen LogP contribution in [0.4, 0.5) is 5.82 Å². The van der Waals surface area contributed by atoms with Gasteiger partial charge < -0.3 is 15.3 Å². The summed E-state index contributed by atoms with van der Waals surface area (Å²) in [4.78, 5) is 6.74. The second kappa shape index (κ2) is 5.47. The number of aliphatic hydroxyl groups excluding tert-OH is 1. The van der Waals surface area contributed by atoms with E-state index in [-0.39, 0.29) is 6.10 Å². The third-order valence-corrected chi connectivity index (χ3v) is 3.37. The molecule has 0 spiro atoms. The van der Waals surface area contributed by atoms with Crippen molar-refractivity contribution in [2.24, 2.45) is 5.92 Å². The van der Waals surface area contributed by atoms with Crippen LogP contribution in [0.5, 0.6) is 0 Å². The minimum absolute atomic E-state index is 0.158. The Morgan fingerprint density at radius 3 is 2.94 bits per heavy atom. The number of pyridine rings is 1. The molecule has 0 amide bonds. The summed E-state index contributed by atoms with van der Waals surface area (Å²) in [6, 6.07) is 4.17. The highest BCUT2D eigenvalue weighted by molar-refractivity contribution is 5.40. The van der Waals surface area contributed by atoms with Gasteiger partial charge in [-0.2, -0.15) is 0 Å². The number of hydrogen-bond acceptors (Lipinski definition) is 4. The molecule has 0 bridgehead atoms. The molecule has 2 atom stereocenters. The maximum Gasteiger partial charge on any atom is 0.128 e. The molecule has 1 aliphatic heterocycles. The van der Waals surface area contributed by atoms with E-state index in [1.54, 1.807) is 0 Å². The van der Waals surface area contributed by atoms with Gasteiger partial charge >= 0.3 is 0 Å². The van der Waals surface area contributed by atoms with Crippen LogP contribution < -0.4 is 10.2 Å². The molecule has 0 aliphatic carbocycles. The van der Waals surface area contributed by atoms with Gasteiger partial charge in [-0.3, -0.25) is 0 Å². The molecule has 4 nitrogen and oxygen atoms in total. The molecule has 4 heteroatoms. The summed E-state index contributed by atoms with van der Waals surface area (Å²) in [6.07, 6.45) is 2.60. The largest absolute Gasteiger partial charge is 0.393 e. The van der Waals surface area contributed by atoms with Crippen LogP contribution in [0.1, 0.15) is 18.9 Å². The first-order valence-electron chi connectivity index (χ1n) is 6.23. The van der Waals surface area contributed by atoms with Crippen LogP contribution >= 0.6 is 0 Å². The average Bonchev–Trinajstić information content (AvgIpc) is 2.34. The average molecular weight is 235 g/mol. The van der Waals surface area contributed by atoms with Gasteiger partial charge in [-0.25, -0.2) is 4.98 Å². The van der Waals surface area contributed by atoms with Gasteiger partial charge in [0.05, 0.1) is 6.10 Å². The van der Waals surface area contributed by atoms with Gasteiger partial charge in [-0.1, -0.05) is 13.0 Å². The van der Waals surface area contributed by atoms with Gasteiger partial charge in [-0.15, -0.1) is 0 Å². The number of aliphatic hydroxyl groups is 1. The van der Waals surface area contributed by atoms with Crippen molar-refractivity contribution in [1.29, 1.82) is 0 Å². The van der Waals surface area contributed by atoms with Crippen molar-refractivity contribution in [2.45, 2.75) is 26.0 Å². The molecule has 2 rings (SSSR count). The number of anilines is 1. The summed E-state index contributed by atoms with van der Waals surface area (Å²) >= 11 is 0. The quantitative estimate of drug-likeness (QED) is 0.821. The van der Waals surface area contributed by atoms with Crippen molar-refractivity contribution >= 4 is 5.82 Å². The zero-order valence-electron chi connectivity index (χ0n) is 10.6. The SMILES string of the molecule is CNCc1ccc(N2CCC(O)C(C)C2)nc1. The highest BCUT2D eigenvalue weighted by Crippen LogP contribution is 2.21. The van der Waals surface area contributed by atoms with Gasteiger partial charge in [0.1, 0.15) is 5.82 Å². The summed E-state index contributed by atoms with van der Waals surface area (Å²) in [7, 11) is 1.93. The third kappa shape index (κ3) is 2.96. The molecule has 0 saturated carbocycles. The molecule has 2 unspecified atom stereocenters. The predicted molar refractivity (Wildman–Crippen MR) is 69.0 cm³/mol. The summed E-state index contributed by atoms with van der Waals surface area (Å²) < 4.78 is 0. The van der Waals surface area contributed by atoms with Crippen molar-refractivity contribution in [1.82, 2.24) is 10.3 Å². The fraction of sp³-hybridized carbons (Fsp3) is 0.615. The van der Waals surface area contributed by atoms with Crippen LogP contribution in [0.3, 0.4) is 0 Å². The van der Waals surface area contributed by atoms with E-state index in [2.05, 4.69) is 34.3 Å². The first-order valence-corrected chi connectivity index (χ1v) is 6.23. The second-order valence-electron chi connectivity index (χ2n) is 4.83. The fourth-order valence-corrected chi connectivity index (χ4v) is 2.25. The van der Waals surface area contributed by atoms with E-state index in [4.69, 9.17) is 0 Å². The van der Waals surface area contributed by atoms with E-state index in [0.717, 1.165) is 31.9 Å². The fourth-order valence-electron chi connectivity index (χ4n) is 2.25. The van der Waals surface area contributed by atoms with Crippen LogP contribution in [-0.2, 0) is 6.54 Å². The number of aromatic nitrogens is 1. The molecule has 1 fully saturated rings. The molecule has 1 aromatic heterocycles. The number of piperidine rings is 1. The lowest BCUT2D eigenvalue weighted by Gasteiger charge is -2.35. The van der Waals surface area contributed by atoms with Crippen LogP contribution in [0.25, 0.3) is 0 Å². The zero-order chi connectivity index (χ0) is 12.3. The highest BCUT2D eigenvalue weighted by Gasteiger charge is 2.24. The molecular formula is C13H21N3O. The van der Waals surface area contributed by atoms with Crippen LogP contribution in [0.2, 0.25) is 0 Å². The van der Waals surface area contributed by atoms with Crippen LogP contribution in [-0.4, -0.2) is 36.3 Å². The predicted octanol–water partition coefficient (Wildman–Crippen LogP) is 1.01. The molecule has 2 heterocycles. The molecular weight excluding hydrogens is 214 g/mol. The number of nitrogens with zero attached hydrogens (tertiary/aromatic N) is 2. The lowest BCUT2D eigenvalue weighted by atomic mass is 9.97. The van der Waals surface area contributed by atoms with E-state index >= 15 is 0 Å². The summed E-state index contributed by atoms with van der Waals surface area (Å²) in [5.41, 5.74) is 1.20. The molecule has 1 aromatic rings. The van der Waals surface area contributed by atoms with Crippen molar-refractivity contribution in [3.05, 3.63) is 23.9 Å². The minimum Gasteiger partial charge on any atom is -0.393 e. The monoisotopic (exact) mass is 235 g/mol. The van der Waals surface area contributed by atoms with Gasteiger partial charge in [0.25, 0.3) is 0 Å². The Kier molecular flexibility index (Phi) is 3.97. The van der Waals surface area contributed by atoms with Crippen LogP contribution in [0.15, 0.2) is 18.3 Å². The summed E-state index contributed by atoms with van der Waals surface area (Å²) in [5, 5.41) is 12.8. The van der Waals surface area contributed by atoms with Crippen molar-refractivity contribution < 1.29 is 5.11 Å². The molecule has 94 valence electrons. The third-order valence-electron chi connectivity index (χ3n) is 3.37. The second-order valence-corrected chi connectivity index (χ2v) is 4.83. The Labute approximate surface area is 103 Å². The smallest absolute Gasteiger partial charge is 0.128 e. The van der Waals surface area contributed by atoms with Gasteiger partial charge in [0, 0.05) is 25.8 Å². The maximum atomic E-state index is 9.70. The van der Waals surface area contributed by atoms with E-state index in [1.807, 2.05) is 13.2 Å². The van der Waals surface area contributed by atoms with Gasteiger partial charge in [0.2, 0.25) is 0 Å². The lowest BCUT2D eigenvalue weighted by molar-refractivity contribution is 0.0969. The Hall–Kier alpha value is -1.13. The Bertz CT molecular complexity index is 352. The van der Waals surface area contributed by atoms with Gasteiger partial charge in [0.15, 0.2) is 0 Å². The normalized spacial score (nSPS) is 25.0. The number of hydrogen-bond donors (Lipinski definition) is 2. The lowest BCUT2D eigenvalue weighted by Crippen LogP contribution is -2.42. The molecule has 0 aromatic carbocycles. The van der Waals surface area contributed by atoms with E-state index < -0.39 is 0 Å². The Morgan fingerprint density at radius 2 is 2.35 bits per heavy atom. The molecule has 0 radical (unpaired) electrons. The Morgan fingerprint density at radius 1 is 1.53 bits per heavy atom. The van der Waals surface area contributed by atoms with Gasteiger partial charge in [-0.05, 0) is 31.0 Å². The molecule has 1 saturated heterocycles. The maximum absolute atomic E-state index is 9.70. The molecule has 1 aliphatic rings. The van der Waals surface area contributed by atoms with E-state index in [1.165, 1.54) is 5.56 Å². The zero-order valence-corrected chi connectivity index (χ0v) is 10.6. The van der Waals surface area contributed by atoms with Crippen molar-refractivity contribution in [3.63, 3.8) is 0 Å².